The van der Waals surface area contributed by atoms with Gasteiger partial charge in [-0.25, -0.2) is 13.6 Å². The van der Waals surface area contributed by atoms with Crippen LogP contribution in [0.3, 0.4) is 0 Å². The first-order chi connectivity index (χ1) is 14.5. The largest absolute Gasteiger partial charge is 0.497 e. The van der Waals surface area contributed by atoms with E-state index in [1.165, 1.54) is 12.1 Å². The summed E-state index contributed by atoms with van der Waals surface area (Å²) in [6.07, 6.45) is 0.0630. The SMILES string of the molecule is COc1ccc(C(NC(=O)CCNc2ccc(S(N)(=O)=O)cc2[N+](=O)[O-])C(C)C)cc1. The molecule has 0 radical (unpaired) electrons. The number of rotatable bonds is 10. The van der Waals surface area contributed by atoms with Gasteiger partial charge in [-0.15, -0.1) is 0 Å². The highest BCUT2D eigenvalue weighted by Crippen LogP contribution is 2.27. The predicted octanol–water partition coefficient (Wildman–Crippen LogP) is 2.57. The van der Waals surface area contributed by atoms with Gasteiger partial charge >= 0.3 is 0 Å². The van der Waals surface area contributed by atoms with E-state index >= 15 is 0 Å². The number of nitro benzene ring substituents is 1. The number of carbonyl (C=O) groups is 1. The molecule has 0 heterocycles. The lowest BCUT2D eigenvalue weighted by molar-refractivity contribution is -0.384. The molecule has 168 valence electrons. The first-order valence-corrected chi connectivity index (χ1v) is 11.1. The molecule has 0 aliphatic rings. The van der Waals surface area contributed by atoms with Gasteiger partial charge in [0.25, 0.3) is 5.69 Å². The van der Waals surface area contributed by atoms with E-state index < -0.39 is 20.6 Å². The lowest BCUT2D eigenvalue weighted by atomic mass is 9.96. The minimum atomic E-state index is -4.07. The van der Waals surface area contributed by atoms with E-state index in [1.807, 2.05) is 38.1 Å². The van der Waals surface area contributed by atoms with Crippen LogP contribution in [0.4, 0.5) is 11.4 Å². The number of nitrogens with zero attached hydrogens (tertiary/aromatic N) is 1. The Labute approximate surface area is 181 Å². The second kappa shape index (κ2) is 10.2. The van der Waals surface area contributed by atoms with Crippen LogP contribution in [0.1, 0.15) is 31.9 Å². The van der Waals surface area contributed by atoms with Crippen molar-refractivity contribution < 1.29 is 22.9 Å². The molecule has 2 aromatic rings. The van der Waals surface area contributed by atoms with Crippen molar-refractivity contribution in [3.63, 3.8) is 0 Å². The van der Waals surface area contributed by atoms with Crippen molar-refractivity contribution >= 4 is 27.3 Å². The van der Waals surface area contributed by atoms with E-state index in [-0.39, 0.29) is 41.4 Å². The molecule has 0 aromatic heterocycles. The topological polar surface area (TPSA) is 154 Å². The van der Waals surface area contributed by atoms with E-state index in [0.29, 0.717) is 0 Å². The molecule has 0 bridgehead atoms. The molecule has 0 aliphatic carbocycles. The number of nitrogens with two attached hydrogens (primary N) is 1. The van der Waals surface area contributed by atoms with Crippen LogP contribution in [0.15, 0.2) is 47.4 Å². The number of nitro groups is 1. The highest BCUT2D eigenvalue weighted by atomic mass is 32.2. The molecule has 31 heavy (non-hydrogen) atoms. The van der Waals surface area contributed by atoms with Crippen LogP contribution >= 0.6 is 0 Å². The number of sulfonamides is 1. The maximum atomic E-state index is 12.4. The zero-order chi connectivity index (χ0) is 23.2. The van der Waals surface area contributed by atoms with Gasteiger partial charge < -0.3 is 15.4 Å². The number of hydrogen-bond donors (Lipinski definition) is 3. The molecule has 0 aliphatic heterocycles. The number of ether oxygens (including phenoxy) is 1. The minimum absolute atomic E-state index is 0.0630. The molecule has 10 nitrogen and oxygen atoms in total. The smallest absolute Gasteiger partial charge is 0.293 e. The van der Waals surface area contributed by atoms with Gasteiger partial charge in [0.1, 0.15) is 11.4 Å². The second-order valence-electron chi connectivity index (χ2n) is 7.22. The Morgan fingerprint density at radius 2 is 1.84 bits per heavy atom. The number of primary sulfonamides is 1. The normalized spacial score (nSPS) is 12.3. The monoisotopic (exact) mass is 450 g/mol. The molecule has 11 heteroatoms. The van der Waals surface area contributed by atoms with Crippen LogP contribution in [0, 0.1) is 16.0 Å². The predicted molar refractivity (Wildman–Crippen MR) is 116 cm³/mol. The Morgan fingerprint density at radius 1 is 1.19 bits per heavy atom. The van der Waals surface area contributed by atoms with Crippen molar-refractivity contribution in [1.29, 1.82) is 0 Å². The van der Waals surface area contributed by atoms with Crippen molar-refractivity contribution in [3.8, 4) is 5.75 Å². The fourth-order valence-corrected chi connectivity index (χ4v) is 3.53. The number of hydrogen-bond acceptors (Lipinski definition) is 7. The number of benzene rings is 2. The maximum Gasteiger partial charge on any atom is 0.293 e. The first kappa shape index (κ1) is 24.1. The van der Waals surface area contributed by atoms with Crippen molar-refractivity contribution in [2.75, 3.05) is 19.0 Å². The van der Waals surface area contributed by atoms with E-state index in [9.17, 15) is 23.3 Å². The van der Waals surface area contributed by atoms with Crippen LogP contribution in [-0.4, -0.2) is 32.9 Å². The lowest BCUT2D eigenvalue weighted by Gasteiger charge is -2.23. The zero-order valence-corrected chi connectivity index (χ0v) is 18.3. The Bertz CT molecular complexity index is 1040. The van der Waals surface area contributed by atoms with Crippen LogP contribution in [-0.2, 0) is 14.8 Å². The first-order valence-electron chi connectivity index (χ1n) is 9.51. The Hall–Kier alpha value is -3.18. The summed E-state index contributed by atoms with van der Waals surface area (Å²) in [6.45, 7) is 4.10. The summed E-state index contributed by atoms with van der Waals surface area (Å²) in [5.41, 5.74) is 0.595. The summed E-state index contributed by atoms with van der Waals surface area (Å²) >= 11 is 0. The number of carbonyl (C=O) groups excluding carboxylic acids is 1. The number of methoxy groups -OCH3 is 1. The maximum absolute atomic E-state index is 12.4. The van der Waals surface area contributed by atoms with Gasteiger partial charge in [-0.2, -0.15) is 0 Å². The molecule has 0 saturated carbocycles. The molecule has 2 aromatic carbocycles. The fraction of sp³-hybridized carbons (Fsp3) is 0.350. The summed E-state index contributed by atoms with van der Waals surface area (Å²) in [7, 11) is -2.49. The van der Waals surface area contributed by atoms with E-state index in [0.717, 1.165) is 17.4 Å². The average Bonchev–Trinajstić information content (AvgIpc) is 2.71. The molecule has 4 N–H and O–H groups in total. The van der Waals surface area contributed by atoms with Crippen molar-refractivity contribution in [2.45, 2.75) is 31.2 Å². The summed E-state index contributed by atoms with van der Waals surface area (Å²) in [5, 5.41) is 22.1. The highest BCUT2D eigenvalue weighted by molar-refractivity contribution is 7.89. The molecule has 1 amide bonds. The van der Waals surface area contributed by atoms with E-state index in [2.05, 4.69) is 10.6 Å². The molecule has 0 fully saturated rings. The summed E-state index contributed by atoms with van der Waals surface area (Å²) in [5.74, 6) is 0.625. The highest BCUT2D eigenvalue weighted by Gasteiger charge is 2.20. The van der Waals surface area contributed by atoms with Crippen molar-refractivity contribution in [2.24, 2.45) is 11.1 Å². The van der Waals surface area contributed by atoms with Crippen molar-refractivity contribution in [3.05, 3.63) is 58.1 Å². The standard InChI is InChI=1S/C20H26N4O6S/c1-13(2)20(14-4-6-15(30-3)7-5-14)23-19(25)10-11-22-17-9-8-16(31(21,28)29)12-18(17)24(26)27/h4-9,12-13,20,22H,10-11H2,1-3H3,(H,23,25)(H2,21,28,29). The number of amides is 1. The molecule has 1 unspecified atom stereocenters. The molecular formula is C20H26N4O6S. The minimum Gasteiger partial charge on any atom is -0.497 e. The number of anilines is 1. The van der Waals surface area contributed by atoms with E-state index in [1.54, 1.807) is 7.11 Å². The summed E-state index contributed by atoms with van der Waals surface area (Å²) < 4.78 is 28.0. The van der Waals surface area contributed by atoms with Crippen LogP contribution < -0.4 is 20.5 Å². The molecule has 0 saturated heterocycles. The summed E-state index contributed by atoms with van der Waals surface area (Å²) in [6, 6.07) is 10.5. The molecule has 2 rings (SSSR count). The van der Waals surface area contributed by atoms with Crippen molar-refractivity contribution in [1.82, 2.24) is 5.32 Å². The van der Waals surface area contributed by atoms with Gasteiger partial charge in [0, 0.05) is 19.0 Å². The van der Waals surface area contributed by atoms with Gasteiger partial charge in [-0.3, -0.25) is 14.9 Å². The van der Waals surface area contributed by atoms with Crippen LogP contribution in [0.25, 0.3) is 0 Å². The third-order valence-electron chi connectivity index (χ3n) is 4.62. The van der Waals surface area contributed by atoms with Gasteiger partial charge in [0.15, 0.2) is 0 Å². The average molecular weight is 451 g/mol. The quantitative estimate of drug-likeness (QED) is 0.371. The van der Waals surface area contributed by atoms with E-state index in [4.69, 9.17) is 9.88 Å². The second-order valence-corrected chi connectivity index (χ2v) is 8.78. The van der Waals surface area contributed by atoms with Gasteiger partial charge in [0.05, 0.1) is 23.0 Å². The number of nitrogens with one attached hydrogen (secondary N) is 2. The fourth-order valence-electron chi connectivity index (χ4n) is 2.99. The Kier molecular flexibility index (Phi) is 7.95. The summed E-state index contributed by atoms with van der Waals surface area (Å²) in [4.78, 5) is 22.6. The molecular weight excluding hydrogens is 424 g/mol. The van der Waals surface area contributed by atoms with Crippen LogP contribution in [0.5, 0.6) is 5.75 Å². The van der Waals surface area contributed by atoms with Gasteiger partial charge in [0.2, 0.25) is 15.9 Å². The third-order valence-corrected chi connectivity index (χ3v) is 5.53. The zero-order valence-electron chi connectivity index (χ0n) is 17.5. The van der Waals surface area contributed by atoms with Crippen LogP contribution in [0.2, 0.25) is 0 Å². The molecule has 1 atom stereocenters. The Balaban J connectivity index is 2.02. The Morgan fingerprint density at radius 3 is 2.35 bits per heavy atom. The lowest BCUT2D eigenvalue weighted by Crippen LogP contribution is -2.32. The van der Waals surface area contributed by atoms with Gasteiger partial charge in [-0.05, 0) is 35.7 Å². The third kappa shape index (κ3) is 6.66. The van der Waals surface area contributed by atoms with Gasteiger partial charge in [-0.1, -0.05) is 26.0 Å². The molecule has 0 spiro atoms.